The Kier molecular flexibility index (Phi) is 4.98. The second-order valence-corrected chi connectivity index (χ2v) is 6.03. The fourth-order valence-corrected chi connectivity index (χ4v) is 2.72. The van der Waals surface area contributed by atoms with Gasteiger partial charge in [0.25, 0.3) is 0 Å². The molecule has 2 aromatic rings. The van der Waals surface area contributed by atoms with Crippen molar-refractivity contribution in [1.29, 1.82) is 0 Å². The molecule has 0 spiro atoms. The minimum absolute atomic E-state index is 0.123. The summed E-state index contributed by atoms with van der Waals surface area (Å²) in [5.41, 5.74) is 0.825. The molecule has 124 valence electrons. The van der Waals surface area contributed by atoms with Crippen molar-refractivity contribution in [3.63, 3.8) is 0 Å². The van der Waals surface area contributed by atoms with Crippen molar-refractivity contribution in [2.24, 2.45) is 0 Å². The Labute approximate surface area is 135 Å². The van der Waals surface area contributed by atoms with E-state index >= 15 is 0 Å². The molecule has 0 aliphatic carbocycles. The molecule has 1 aromatic heterocycles. The van der Waals surface area contributed by atoms with E-state index in [-0.39, 0.29) is 18.1 Å². The summed E-state index contributed by atoms with van der Waals surface area (Å²) in [7, 11) is 0. The Bertz CT molecular complexity index is 627. The van der Waals surface area contributed by atoms with Crippen LogP contribution in [0, 0.1) is 0 Å². The molecule has 3 rings (SSSR count). The molecule has 2 heterocycles. The third kappa shape index (κ3) is 3.92. The van der Waals surface area contributed by atoms with Crippen LogP contribution in [-0.4, -0.2) is 31.3 Å². The Balaban J connectivity index is 1.53. The number of carbonyl (C=O) groups is 1. The van der Waals surface area contributed by atoms with Gasteiger partial charge >= 0.3 is 0 Å². The summed E-state index contributed by atoms with van der Waals surface area (Å²) in [6, 6.07) is 9.55. The van der Waals surface area contributed by atoms with Gasteiger partial charge in [-0.15, -0.1) is 0 Å². The van der Waals surface area contributed by atoms with Gasteiger partial charge in [-0.3, -0.25) is 4.79 Å². The Morgan fingerprint density at radius 1 is 1.39 bits per heavy atom. The number of furan rings is 1. The van der Waals surface area contributed by atoms with Crippen molar-refractivity contribution < 1.29 is 18.7 Å². The zero-order valence-electron chi connectivity index (χ0n) is 13.6. The summed E-state index contributed by atoms with van der Waals surface area (Å²) >= 11 is 0. The van der Waals surface area contributed by atoms with Gasteiger partial charge in [-0.2, -0.15) is 0 Å². The lowest BCUT2D eigenvalue weighted by atomic mass is 10.2. The normalized spacial score (nSPS) is 20.5. The molecule has 1 aromatic carbocycles. The number of hydrogen-bond donors (Lipinski definition) is 1. The van der Waals surface area contributed by atoms with Crippen LogP contribution < -0.4 is 5.32 Å². The van der Waals surface area contributed by atoms with E-state index in [1.807, 2.05) is 37.3 Å². The van der Waals surface area contributed by atoms with Crippen molar-refractivity contribution in [2.75, 3.05) is 13.2 Å². The zero-order valence-corrected chi connectivity index (χ0v) is 13.6. The van der Waals surface area contributed by atoms with Crippen molar-refractivity contribution in [2.45, 2.75) is 44.9 Å². The van der Waals surface area contributed by atoms with Gasteiger partial charge < -0.3 is 19.2 Å². The molecule has 1 aliphatic heterocycles. The molecule has 3 atom stereocenters. The van der Waals surface area contributed by atoms with Crippen LogP contribution in [0.5, 0.6) is 0 Å². The molecule has 1 fully saturated rings. The minimum Gasteiger partial charge on any atom is -0.459 e. The van der Waals surface area contributed by atoms with Crippen molar-refractivity contribution >= 4 is 16.9 Å². The van der Waals surface area contributed by atoms with Crippen LogP contribution in [-0.2, 0) is 14.3 Å². The van der Waals surface area contributed by atoms with E-state index in [9.17, 15) is 4.79 Å². The Hall–Kier alpha value is -1.85. The maximum atomic E-state index is 12.2. The van der Waals surface area contributed by atoms with Gasteiger partial charge in [0.1, 0.15) is 17.4 Å². The van der Waals surface area contributed by atoms with Crippen molar-refractivity contribution in [3.05, 3.63) is 36.1 Å². The first-order valence-electron chi connectivity index (χ1n) is 8.15. The van der Waals surface area contributed by atoms with E-state index in [4.69, 9.17) is 13.9 Å². The van der Waals surface area contributed by atoms with E-state index in [0.717, 1.165) is 36.2 Å². The smallest absolute Gasteiger partial charge is 0.249 e. The summed E-state index contributed by atoms with van der Waals surface area (Å²) in [6.45, 7) is 4.92. The maximum absolute atomic E-state index is 12.2. The average molecular weight is 317 g/mol. The number of rotatable bonds is 6. The topological polar surface area (TPSA) is 60.7 Å². The van der Waals surface area contributed by atoms with Crippen LogP contribution in [0.15, 0.2) is 34.7 Å². The predicted octanol–water partition coefficient (Wildman–Crippen LogP) is 3.19. The molecule has 1 saturated heterocycles. The molecule has 0 saturated carbocycles. The second kappa shape index (κ2) is 7.15. The van der Waals surface area contributed by atoms with E-state index in [0.29, 0.717) is 6.61 Å². The van der Waals surface area contributed by atoms with Crippen LogP contribution in [0.2, 0.25) is 0 Å². The molecule has 5 heteroatoms. The number of hydrogen-bond acceptors (Lipinski definition) is 4. The highest BCUT2D eigenvalue weighted by Gasteiger charge is 2.22. The van der Waals surface area contributed by atoms with Gasteiger partial charge in [0.05, 0.1) is 18.8 Å². The van der Waals surface area contributed by atoms with Crippen LogP contribution in [0.1, 0.15) is 38.5 Å². The van der Waals surface area contributed by atoms with Gasteiger partial charge in [0.15, 0.2) is 0 Å². The number of para-hydroxylation sites is 1. The van der Waals surface area contributed by atoms with E-state index in [2.05, 4.69) is 5.32 Å². The fourth-order valence-electron chi connectivity index (χ4n) is 2.72. The molecule has 1 amide bonds. The largest absolute Gasteiger partial charge is 0.459 e. The standard InChI is InChI=1S/C18H23NO4/c1-12(17-10-14-6-3-4-8-16(14)23-17)19-18(20)13(2)22-11-15-7-5-9-21-15/h3-4,6,8,10,12-13,15H,5,7,9,11H2,1-2H3,(H,19,20)/t12-,13-,15-/m0/s1. The molecule has 5 nitrogen and oxygen atoms in total. The Morgan fingerprint density at radius 3 is 2.96 bits per heavy atom. The molecule has 0 bridgehead atoms. The SMILES string of the molecule is C[C@H](OC[C@@H]1CCCO1)C(=O)N[C@@H](C)c1cc2ccccc2o1. The first-order valence-corrected chi connectivity index (χ1v) is 8.15. The summed E-state index contributed by atoms with van der Waals surface area (Å²) in [6.07, 6.45) is 1.69. The zero-order chi connectivity index (χ0) is 16.2. The van der Waals surface area contributed by atoms with Crippen molar-refractivity contribution in [3.8, 4) is 0 Å². The number of benzene rings is 1. The van der Waals surface area contributed by atoms with E-state index in [1.165, 1.54) is 0 Å². The second-order valence-electron chi connectivity index (χ2n) is 6.03. The van der Waals surface area contributed by atoms with Gasteiger partial charge in [0, 0.05) is 12.0 Å². The molecule has 0 unspecified atom stereocenters. The molecule has 23 heavy (non-hydrogen) atoms. The van der Waals surface area contributed by atoms with Gasteiger partial charge in [-0.05, 0) is 38.8 Å². The quantitative estimate of drug-likeness (QED) is 0.889. The molecule has 0 radical (unpaired) electrons. The number of nitrogens with one attached hydrogen (secondary N) is 1. The predicted molar refractivity (Wildman–Crippen MR) is 87.2 cm³/mol. The first kappa shape index (κ1) is 16.0. The number of amides is 1. The highest BCUT2D eigenvalue weighted by atomic mass is 16.5. The molecule has 1 N–H and O–H groups in total. The number of carbonyl (C=O) groups excluding carboxylic acids is 1. The lowest BCUT2D eigenvalue weighted by Gasteiger charge is -2.18. The van der Waals surface area contributed by atoms with Gasteiger partial charge in [-0.1, -0.05) is 18.2 Å². The summed E-state index contributed by atoms with van der Waals surface area (Å²) in [4.78, 5) is 12.2. The van der Waals surface area contributed by atoms with Crippen LogP contribution in [0.25, 0.3) is 11.0 Å². The highest BCUT2D eigenvalue weighted by molar-refractivity contribution is 5.81. The molecule has 1 aliphatic rings. The summed E-state index contributed by atoms with van der Waals surface area (Å²) < 4.78 is 16.9. The fraction of sp³-hybridized carbons (Fsp3) is 0.500. The number of fused-ring (bicyclic) bond motifs is 1. The first-order chi connectivity index (χ1) is 11.1. The van der Waals surface area contributed by atoms with Gasteiger partial charge in [0.2, 0.25) is 5.91 Å². The maximum Gasteiger partial charge on any atom is 0.249 e. The lowest BCUT2D eigenvalue weighted by Crippen LogP contribution is -2.37. The molecular weight excluding hydrogens is 294 g/mol. The minimum atomic E-state index is -0.508. The third-order valence-electron chi connectivity index (χ3n) is 4.16. The molecular formula is C18H23NO4. The highest BCUT2D eigenvalue weighted by Crippen LogP contribution is 2.23. The van der Waals surface area contributed by atoms with Crippen LogP contribution in [0.3, 0.4) is 0 Å². The number of ether oxygens (including phenoxy) is 2. The van der Waals surface area contributed by atoms with Crippen LogP contribution >= 0.6 is 0 Å². The van der Waals surface area contributed by atoms with Crippen molar-refractivity contribution in [1.82, 2.24) is 5.32 Å². The summed E-state index contributed by atoms with van der Waals surface area (Å²) in [5, 5.41) is 3.97. The van der Waals surface area contributed by atoms with Crippen LogP contribution in [0.4, 0.5) is 0 Å². The van der Waals surface area contributed by atoms with Gasteiger partial charge in [-0.25, -0.2) is 0 Å². The third-order valence-corrected chi connectivity index (χ3v) is 4.16. The van der Waals surface area contributed by atoms with E-state index < -0.39 is 6.10 Å². The monoisotopic (exact) mass is 317 g/mol. The van der Waals surface area contributed by atoms with E-state index in [1.54, 1.807) is 6.92 Å². The average Bonchev–Trinajstić information content (AvgIpc) is 3.21. The lowest BCUT2D eigenvalue weighted by molar-refractivity contribution is -0.134. The summed E-state index contributed by atoms with van der Waals surface area (Å²) in [5.74, 6) is 0.599. The Morgan fingerprint density at radius 2 is 2.22 bits per heavy atom.